The third kappa shape index (κ3) is 15.6. The van der Waals surface area contributed by atoms with Crippen LogP contribution in [0, 0.1) is 5.92 Å². The molecule has 0 saturated heterocycles. The second-order valence-electron chi connectivity index (χ2n) is 21.8. The fraction of sp³-hybridized carbons (Fsp3) is 0.509. The van der Waals surface area contributed by atoms with Crippen LogP contribution in [0.1, 0.15) is 41.0 Å². The zero-order valence-electron chi connectivity index (χ0n) is 55.9. The highest BCUT2D eigenvalue weighted by Crippen LogP contribution is 2.07. The molecule has 0 amide bonds. The van der Waals surface area contributed by atoms with E-state index in [1.165, 1.54) is 64.2 Å². The molecule has 514 valence electrons. The molecule has 38 heteroatoms. The second kappa shape index (κ2) is 31.6. The number of esters is 3. The molecule has 10 heterocycles. The molecule has 0 atom stereocenters. The number of carbonyl (C=O) groups excluding carboxylic acids is 3. The minimum Gasteiger partial charge on any atom is -0.464 e. The first kappa shape index (κ1) is 73.1. The van der Waals surface area contributed by atoms with E-state index in [9.17, 15) is 62.3 Å². The molecule has 0 fully saturated rings. The summed E-state index contributed by atoms with van der Waals surface area (Å²) in [6.45, 7) is 11.1. The zero-order chi connectivity index (χ0) is 70.6. The van der Waals surface area contributed by atoms with Gasteiger partial charge < -0.3 is 47.7 Å². The number of aryl methyl sites for hydroxylation is 10. The lowest BCUT2D eigenvalue weighted by Gasteiger charge is -2.10. The summed E-state index contributed by atoms with van der Waals surface area (Å²) in [5.41, 5.74) is -0.227. The molecule has 10 rings (SSSR count). The summed E-state index contributed by atoms with van der Waals surface area (Å²) in [6, 6.07) is 0. The molecule has 0 radical (unpaired) electrons. The maximum atomic E-state index is 12.3. The van der Waals surface area contributed by atoms with Gasteiger partial charge in [-0.25, -0.2) is 48.9 Å². The van der Waals surface area contributed by atoms with Gasteiger partial charge in [0.25, 0.3) is 27.8 Å². The van der Waals surface area contributed by atoms with Gasteiger partial charge in [0.05, 0.1) is 57.2 Å². The topological polar surface area (TPSA) is 412 Å². The van der Waals surface area contributed by atoms with Crippen LogP contribution in [0.2, 0.25) is 0 Å². The molecule has 0 aliphatic carbocycles. The number of imidazole rings is 5. The zero-order valence-corrected chi connectivity index (χ0v) is 55.9. The Morgan fingerprint density at radius 1 is 0.411 bits per heavy atom. The van der Waals surface area contributed by atoms with E-state index in [0.717, 1.165) is 20.2 Å². The molecule has 38 nitrogen and oxygen atoms in total. The lowest BCUT2D eigenvalue weighted by Crippen LogP contribution is -2.41. The first-order chi connectivity index (χ1) is 44.9. The van der Waals surface area contributed by atoms with Gasteiger partial charge in [0, 0.05) is 110 Å². The molecular weight excluding hydrogens is 1250 g/mol. The summed E-state index contributed by atoms with van der Waals surface area (Å²) < 4.78 is 34.9. The lowest BCUT2D eigenvalue weighted by molar-refractivity contribution is -0.147. The standard InChI is InChI=1S/C13H18N4O4.C12H16N4O4.C11H17N5O2.C11H14N4O4.C10H15N5O2/c1-8(2)12(19)21-6-5-17-11(18)9-10(14-7-15(9)3)16(4)13(17)20;1-4-8(17)20-6-5-16-11(18)9-10(13-7-14(9)2)15(3)12(16)19;1-4-12-5-6-16-10(17)8-9(13-7-14(8)2)15(3)11(16)18;1-7(16)19-5-4-15-10(17)8-9(12-6-13(8)2)14(3)11(15)18;1-11-4-5-15-9(16)7-8(12-6-13(7)2)14(3)10(15)17/h7-8H,5-6H2,1-4H3;7H,4-6H2,1-3H3;7,12H,4-6H2,1-3H3;6H,4-5H2,1-3H3;6,11H,4-5H2,1-3H3. The molecule has 0 bridgehead atoms. The molecule has 10 aromatic rings. The highest BCUT2D eigenvalue weighted by atomic mass is 16.5. The number of rotatable bonds is 18. The average Bonchev–Trinajstić information content (AvgIpc) is 1.75. The number of nitrogens with one attached hydrogen (secondary N) is 2. The van der Waals surface area contributed by atoms with E-state index in [1.807, 2.05) is 6.92 Å². The van der Waals surface area contributed by atoms with Crippen molar-refractivity contribution >= 4 is 73.7 Å². The quantitative estimate of drug-likeness (QED) is 0.0466. The van der Waals surface area contributed by atoms with E-state index >= 15 is 0 Å². The van der Waals surface area contributed by atoms with Gasteiger partial charge >= 0.3 is 46.4 Å². The number of nitrogens with zero attached hydrogens (tertiary/aromatic N) is 20. The lowest BCUT2D eigenvalue weighted by atomic mass is 10.2. The van der Waals surface area contributed by atoms with Crippen LogP contribution in [-0.2, 0) is 132 Å². The van der Waals surface area contributed by atoms with Crippen LogP contribution in [0.15, 0.2) is 79.6 Å². The highest BCUT2D eigenvalue weighted by molar-refractivity contribution is 5.73. The molecule has 0 aliphatic rings. The summed E-state index contributed by atoms with van der Waals surface area (Å²) in [6.07, 6.45) is 7.77. The third-order valence-corrected chi connectivity index (χ3v) is 14.9. The largest absolute Gasteiger partial charge is 0.464 e. The highest BCUT2D eigenvalue weighted by Gasteiger charge is 2.20. The number of hydrogen-bond donors (Lipinski definition) is 2. The van der Waals surface area contributed by atoms with E-state index in [-0.39, 0.29) is 86.2 Å². The van der Waals surface area contributed by atoms with Crippen LogP contribution >= 0.6 is 0 Å². The van der Waals surface area contributed by atoms with Crippen molar-refractivity contribution < 1.29 is 28.6 Å². The summed E-state index contributed by atoms with van der Waals surface area (Å²) in [4.78, 5) is 175. The fourth-order valence-electron chi connectivity index (χ4n) is 9.60. The Hall–Kier alpha value is -10.9. The van der Waals surface area contributed by atoms with Crippen molar-refractivity contribution in [1.82, 2.24) is 104 Å². The van der Waals surface area contributed by atoms with Crippen LogP contribution < -0.4 is 66.9 Å². The second-order valence-corrected chi connectivity index (χ2v) is 21.8. The minimum absolute atomic E-state index is 0.00875. The first-order valence-corrected chi connectivity index (χ1v) is 29.7. The molecule has 0 unspecified atom stereocenters. The Kier molecular flexibility index (Phi) is 24.3. The van der Waals surface area contributed by atoms with Crippen molar-refractivity contribution in [3.05, 3.63) is 136 Å². The van der Waals surface area contributed by atoms with E-state index in [4.69, 9.17) is 14.2 Å². The molecule has 0 spiro atoms. The van der Waals surface area contributed by atoms with Crippen LogP contribution in [0.25, 0.3) is 55.8 Å². The van der Waals surface area contributed by atoms with Crippen molar-refractivity contribution in [3.63, 3.8) is 0 Å². The summed E-state index contributed by atoms with van der Waals surface area (Å²) >= 11 is 0. The molecule has 95 heavy (non-hydrogen) atoms. The van der Waals surface area contributed by atoms with E-state index in [2.05, 4.69) is 35.6 Å². The van der Waals surface area contributed by atoms with Crippen LogP contribution in [-0.4, -0.2) is 158 Å². The maximum absolute atomic E-state index is 12.3. The predicted octanol–water partition coefficient (Wildman–Crippen LogP) is -4.29. The summed E-state index contributed by atoms with van der Waals surface area (Å²) in [5.74, 6) is -1.42. The van der Waals surface area contributed by atoms with Crippen LogP contribution in [0.3, 0.4) is 0 Å². The van der Waals surface area contributed by atoms with Gasteiger partial charge in [-0.3, -0.25) is 84.0 Å². The molecule has 0 aliphatic heterocycles. The Bertz CT molecular complexity index is 5140. The smallest absolute Gasteiger partial charge is 0.332 e. The Morgan fingerprint density at radius 2 is 0.674 bits per heavy atom. The van der Waals surface area contributed by atoms with Gasteiger partial charge in [-0.05, 0) is 13.6 Å². The number of aromatic nitrogens is 20. The first-order valence-electron chi connectivity index (χ1n) is 29.7. The van der Waals surface area contributed by atoms with E-state index < -0.39 is 39.7 Å². The fourth-order valence-corrected chi connectivity index (χ4v) is 9.60. The number of likely N-dealkylation sites (N-methyl/N-ethyl adjacent to an activating group) is 2. The van der Waals surface area contributed by atoms with Crippen molar-refractivity contribution in [1.29, 1.82) is 0 Å². The Morgan fingerprint density at radius 3 is 0.926 bits per heavy atom. The van der Waals surface area contributed by atoms with Crippen molar-refractivity contribution in [2.24, 2.45) is 76.4 Å². The van der Waals surface area contributed by atoms with Gasteiger partial charge in [0.1, 0.15) is 19.8 Å². The van der Waals surface area contributed by atoms with E-state index in [1.54, 1.807) is 127 Å². The van der Waals surface area contributed by atoms with Crippen LogP contribution in [0.4, 0.5) is 0 Å². The van der Waals surface area contributed by atoms with Crippen molar-refractivity contribution in [2.45, 2.75) is 73.8 Å². The SMILES string of the molecule is CC(=O)OCCn1c(=O)c2c(ncn2C)n(C)c1=O.CC(C)C(=O)OCCn1c(=O)c2c(ncn2C)n(C)c1=O.CCC(=O)OCCn1c(=O)c2c(ncn2C)n(C)c1=O.CCNCCn1c(=O)c2c(ncn2C)n(C)c1=O.CNCCn1c(=O)c2c(ncn2C)n(C)c1=O. The predicted molar refractivity (Wildman–Crippen MR) is 347 cm³/mol. The number of hydrogen-bond acceptors (Lipinski definition) is 23. The van der Waals surface area contributed by atoms with Gasteiger partial charge in [0.15, 0.2) is 55.8 Å². The summed E-state index contributed by atoms with van der Waals surface area (Å²) in [5, 5.41) is 6.01. The van der Waals surface area contributed by atoms with Crippen molar-refractivity contribution in [2.75, 3.05) is 46.5 Å². The van der Waals surface area contributed by atoms with Gasteiger partial charge in [-0.15, -0.1) is 0 Å². The number of fused-ring (bicyclic) bond motifs is 5. The minimum atomic E-state index is -0.483. The molecular formula is C57H80N22O16. The van der Waals surface area contributed by atoms with Gasteiger partial charge in [-0.1, -0.05) is 27.7 Å². The average molecular weight is 1330 g/mol. The molecule has 2 N–H and O–H groups in total. The van der Waals surface area contributed by atoms with Crippen LogP contribution in [0.5, 0.6) is 0 Å². The Labute approximate surface area is 537 Å². The maximum Gasteiger partial charge on any atom is 0.332 e. The van der Waals surface area contributed by atoms with Gasteiger partial charge in [0.2, 0.25) is 0 Å². The van der Waals surface area contributed by atoms with E-state index in [0.29, 0.717) is 82.0 Å². The molecule has 10 aromatic heterocycles. The molecule has 0 saturated carbocycles. The number of carbonyl (C=O) groups is 3. The number of ether oxygens (including phenoxy) is 3. The van der Waals surface area contributed by atoms with Gasteiger partial charge in [-0.2, -0.15) is 0 Å². The Balaban J connectivity index is 0.000000188. The molecule has 0 aromatic carbocycles. The summed E-state index contributed by atoms with van der Waals surface area (Å²) in [7, 11) is 18.2. The normalized spacial score (nSPS) is 11.1. The third-order valence-electron chi connectivity index (χ3n) is 14.9. The monoisotopic (exact) mass is 1330 g/mol. The van der Waals surface area contributed by atoms with Crippen molar-refractivity contribution in [3.8, 4) is 0 Å².